The van der Waals surface area contributed by atoms with Crippen LogP contribution in [0.3, 0.4) is 0 Å². The van der Waals surface area contributed by atoms with Crippen molar-refractivity contribution in [3.8, 4) is 5.75 Å². The summed E-state index contributed by atoms with van der Waals surface area (Å²) in [6.07, 6.45) is 0. The second kappa shape index (κ2) is 8.86. The summed E-state index contributed by atoms with van der Waals surface area (Å²) in [6.45, 7) is 0.502. The molecule has 0 unspecified atom stereocenters. The highest BCUT2D eigenvalue weighted by atomic mass is 16.5. The fourth-order valence-corrected chi connectivity index (χ4v) is 2.82. The van der Waals surface area contributed by atoms with E-state index < -0.39 is 0 Å². The van der Waals surface area contributed by atoms with Gasteiger partial charge in [-0.2, -0.15) is 0 Å². The van der Waals surface area contributed by atoms with Crippen LogP contribution in [0.5, 0.6) is 5.75 Å². The lowest BCUT2D eigenvalue weighted by atomic mass is 10.1. The van der Waals surface area contributed by atoms with Crippen molar-refractivity contribution in [1.29, 1.82) is 0 Å². The average Bonchev–Trinajstić information content (AvgIpc) is 2.74. The van der Waals surface area contributed by atoms with Gasteiger partial charge in [-0.3, -0.25) is 9.59 Å². The maximum Gasteiger partial charge on any atom is 0.255 e. The number of amides is 2. The van der Waals surface area contributed by atoms with Gasteiger partial charge < -0.3 is 15.0 Å². The van der Waals surface area contributed by atoms with Crippen molar-refractivity contribution >= 4 is 17.5 Å². The zero-order valence-electron chi connectivity index (χ0n) is 15.9. The lowest BCUT2D eigenvalue weighted by molar-refractivity contribution is 0.0785. The number of rotatable bonds is 6. The maximum absolute atomic E-state index is 12.7. The van der Waals surface area contributed by atoms with E-state index in [0.29, 0.717) is 29.1 Å². The Balaban J connectivity index is 1.69. The summed E-state index contributed by atoms with van der Waals surface area (Å²) in [7, 11) is 3.34. The third kappa shape index (κ3) is 4.76. The van der Waals surface area contributed by atoms with Gasteiger partial charge in [0, 0.05) is 30.4 Å². The van der Waals surface area contributed by atoms with E-state index in [2.05, 4.69) is 5.32 Å². The first-order valence-corrected chi connectivity index (χ1v) is 8.91. The molecule has 3 aromatic rings. The van der Waals surface area contributed by atoms with Crippen LogP contribution in [-0.4, -0.2) is 30.9 Å². The molecule has 3 aromatic carbocycles. The number of hydrogen-bond acceptors (Lipinski definition) is 3. The van der Waals surface area contributed by atoms with E-state index in [-0.39, 0.29) is 11.8 Å². The van der Waals surface area contributed by atoms with Crippen LogP contribution >= 0.6 is 0 Å². The number of nitrogens with one attached hydrogen (secondary N) is 1. The van der Waals surface area contributed by atoms with Gasteiger partial charge in [-0.25, -0.2) is 0 Å². The largest absolute Gasteiger partial charge is 0.497 e. The van der Waals surface area contributed by atoms with E-state index in [0.717, 1.165) is 5.56 Å². The normalized spacial score (nSPS) is 10.2. The molecule has 5 heteroatoms. The molecule has 0 atom stereocenters. The Kier molecular flexibility index (Phi) is 6.07. The molecule has 5 nitrogen and oxygen atoms in total. The Morgan fingerprint density at radius 3 is 2.25 bits per heavy atom. The van der Waals surface area contributed by atoms with Crippen LogP contribution in [0.4, 0.5) is 5.69 Å². The SMILES string of the molecule is COc1ccc(NC(=O)c2cccc(C(=O)N(C)Cc3ccccc3)c2)cc1. The molecule has 2 amide bonds. The molecule has 0 bridgehead atoms. The lowest BCUT2D eigenvalue weighted by Gasteiger charge is -2.17. The van der Waals surface area contributed by atoms with Gasteiger partial charge >= 0.3 is 0 Å². The monoisotopic (exact) mass is 374 g/mol. The Morgan fingerprint density at radius 2 is 1.57 bits per heavy atom. The number of carbonyl (C=O) groups excluding carboxylic acids is 2. The van der Waals surface area contributed by atoms with Crippen molar-refractivity contribution in [2.75, 3.05) is 19.5 Å². The molecule has 142 valence electrons. The van der Waals surface area contributed by atoms with Crippen molar-refractivity contribution in [2.45, 2.75) is 6.54 Å². The van der Waals surface area contributed by atoms with Crippen LogP contribution in [0.1, 0.15) is 26.3 Å². The highest BCUT2D eigenvalue weighted by molar-refractivity contribution is 6.06. The molecule has 1 N–H and O–H groups in total. The first kappa shape index (κ1) is 19.2. The lowest BCUT2D eigenvalue weighted by Crippen LogP contribution is -2.26. The van der Waals surface area contributed by atoms with Crippen LogP contribution in [0, 0.1) is 0 Å². The molecule has 0 aliphatic carbocycles. The Bertz CT molecular complexity index is 953. The van der Waals surface area contributed by atoms with E-state index in [9.17, 15) is 9.59 Å². The number of benzene rings is 3. The van der Waals surface area contributed by atoms with Crippen LogP contribution in [-0.2, 0) is 6.54 Å². The topological polar surface area (TPSA) is 58.6 Å². The van der Waals surface area contributed by atoms with Gasteiger partial charge in [0.15, 0.2) is 0 Å². The molecule has 0 heterocycles. The van der Waals surface area contributed by atoms with Gasteiger partial charge in [-0.05, 0) is 48.0 Å². The second-order valence-electron chi connectivity index (χ2n) is 6.41. The zero-order chi connectivity index (χ0) is 19.9. The molecule has 0 fully saturated rings. The first-order chi connectivity index (χ1) is 13.6. The van der Waals surface area contributed by atoms with Crippen molar-refractivity contribution in [3.05, 3.63) is 95.6 Å². The molecule has 3 rings (SSSR count). The van der Waals surface area contributed by atoms with Gasteiger partial charge in [-0.1, -0.05) is 36.4 Å². The van der Waals surface area contributed by atoms with Crippen molar-refractivity contribution in [1.82, 2.24) is 4.90 Å². The first-order valence-electron chi connectivity index (χ1n) is 8.91. The Hall–Kier alpha value is -3.60. The summed E-state index contributed by atoms with van der Waals surface area (Å²) in [5.41, 5.74) is 2.60. The Labute approximate surface area is 164 Å². The third-order valence-electron chi connectivity index (χ3n) is 4.33. The van der Waals surface area contributed by atoms with E-state index >= 15 is 0 Å². The number of carbonyl (C=O) groups is 2. The van der Waals surface area contributed by atoms with Gasteiger partial charge in [0.2, 0.25) is 0 Å². The van der Waals surface area contributed by atoms with Gasteiger partial charge in [-0.15, -0.1) is 0 Å². The fourth-order valence-electron chi connectivity index (χ4n) is 2.82. The molecule has 0 saturated heterocycles. The van der Waals surface area contributed by atoms with Crippen molar-refractivity contribution in [3.63, 3.8) is 0 Å². The highest BCUT2D eigenvalue weighted by Gasteiger charge is 2.14. The zero-order valence-corrected chi connectivity index (χ0v) is 15.9. The summed E-state index contributed by atoms with van der Waals surface area (Å²) in [5.74, 6) is 0.306. The Morgan fingerprint density at radius 1 is 0.893 bits per heavy atom. The molecule has 28 heavy (non-hydrogen) atoms. The van der Waals surface area contributed by atoms with E-state index in [1.165, 1.54) is 0 Å². The molecule has 0 spiro atoms. The van der Waals surface area contributed by atoms with Gasteiger partial charge in [0.05, 0.1) is 7.11 Å². The minimum absolute atomic E-state index is 0.136. The smallest absolute Gasteiger partial charge is 0.255 e. The number of nitrogens with zero attached hydrogens (tertiary/aromatic N) is 1. The fraction of sp³-hybridized carbons (Fsp3) is 0.130. The van der Waals surface area contributed by atoms with Crippen LogP contribution in [0.25, 0.3) is 0 Å². The quantitative estimate of drug-likeness (QED) is 0.703. The van der Waals surface area contributed by atoms with Crippen LogP contribution < -0.4 is 10.1 Å². The molecular formula is C23H22N2O3. The predicted octanol–water partition coefficient (Wildman–Crippen LogP) is 4.22. The average molecular weight is 374 g/mol. The van der Waals surface area contributed by atoms with E-state index in [1.54, 1.807) is 67.6 Å². The minimum atomic E-state index is -0.273. The summed E-state index contributed by atoms with van der Waals surface area (Å²) < 4.78 is 5.11. The number of ether oxygens (including phenoxy) is 1. The number of methoxy groups -OCH3 is 1. The van der Waals surface area contributed by atoms with Crippen molar-refractivity contribution < 1.29 is 14.3 Å². The summed E-state index contributed by atoms with van der Waals surface area (Å²) in [6, 6.07) is 23.6. The molecule has 0 radical (unpaired) electrons. The molecule has 0 aliphatic rings. The minimum Gasteiger partial charge on any atom is -0.497 e. The predicted molar refractivity (Wildman–Crippen MR) is 110 cm³/mol. The van der Waals surface area contributed by atoms with E-state index in [1.807, 2.05) is 30.3 Å². The van der Waals surface area contributed by atoms with Gasteiger partial charge in [0.25, 0.3) is 11.8 Å². The molecule has 0 aliphatic heterocycles. The van der Waals surface area contributed by atoms with Crippen LogP contribution in [0.2, 0.25) is 0 Å². The van der Waals surface area contributed by atoms with Crippen LogP contribution in [0.15, 0.2) is 78.9 Å². The summed E-state index contributed by atoms with van der Waals surface area (Å²) in [5, 5.41) is 2.83. The van der Waals surface area contributed by atoms with E-state index in [4.69, 9.17) is 4.74 Å². The standard InChI is InChI=1S/C23H22N2O3/c1-25(16-17-7-4-3-5-8-17)23(27)19-10-6-9-18(15-19)22(26)24-20-11-13-21(28-2)14-12-20/h3-15H,16H2,1-2H3,(H,24,26). The van der Waals surface area contributed by atoms with Gasteiger partial charge in [0.1, 0.15) is 5.75 Å². The maximum atomic E-state index is 12.7. The number of anilines is 1. The molecule has 0 aromatic heterocycles. The highest BCUT2D eigenvalue weighted by Crippen LogP contribution is 2.17. The summed E-state index contributed by atoms with van der Waals surface area (Å²) >= 11 is 0. The molecular weight excluding hydrogens is 352 g/mol. The molecule has 0 saturated carbocycles. The number of hydrogen-bond donors (Lipinski definition) is 1. The second-order valence-corrected chi connectivity index (χ2v) is 6.41. The van der Waals surface area contributed by atoms with Crippen molar-refractivity contribution in [2.24, 2.45) is 0 Å². The third-order valence-corrected chi connectivity index (χ3v) is 4.33. The summed E-state index contributed by atoms with van der Waals surface area (Å²) in [4.78, 5) is 26.9.